The first-order chi connectivity index (χ1) is 14.2. The van der Waals surface area contributed by atoms with E-state index in [1.165, 1.54) is 6.07 Å². The van der Waals surface area contributed by atoms with E-state index in [4.69, 9.17) is 15.5 Å². The van der Waals surface area contributed by atoms with E-state index in [0.29, 0.717) is 23.8 Å². The number of aromatic nitrogens is 4. The van der Waals surface area contributed by atoms with Crippen molar-refractivity contribution in [1.29, 1.82) is 0 Å². The van der Waals surface area contributed by atoms with Crippen LogP contribution in [0.5, 0.6) is 0 Å². The highest BCUT2D eigenvalue weighted by Gasteiger charge is 2.33. The molecule has 2 heterocycles. The van der Waals surface area contributed by atoms with Crippen LogP contribution in [0.1, 0.15) is 44.3 Å². The lowest BCUT2D eigenvalue weighted by atomic mass is 9.83. The van der Waals surface area contributed by atoms with Gasteiger partial charge in [0, 0.05) is 24.8 Å². The Labute approximate surface area is 182 Å². The highest BCUT2D eigenvalue weighted by molar-refractivity contribution is 5.85. The lowest BCUT2D eigenvalue weighted by Crippen LogP contribution is -2.42. The van der Waals surface area contributed by atoms with Crippen LogP contribution >= 0.6 is 12.4 Å². The molecule has 0 amide bonds. The molecule has 6 nitrogen and oxygen atoms in total. The summed E-state index contributed by atoms with van der Waals surface area (Å²) in [6.45, 7) is 2.77. The average molecular weight is 432 g/mol. The number of hydrogen-bond donors (Lipinski definition) is 1. The van der Waals surface area contributed by atoms with Gasteiger partial charge in [-0.3, -0.25) is 4.98 Å². The second kappa shape index (κ2) is 10.1. The number of nitrogens with zero attached hydrogens (tertiary/aromatic N) is 4. The van der Waals surface area contributed by atoms with Gasteiger partial charge in [0.2, 0.25) is 0 Å². The molecular weight excluding hydrogens is 405 g/mol. The second-order valence-electron chi connectivity index (χ2n) is 7.45. The number of nitrogens with two attached hydrogens (primary N) is 1. The minimum Gasteiger partial charge on any atom is -0.377 e. The van der Waals surface area contributed by atoms with Crippen molar-refractivity contribution in [2.45, 2.75) is 50.7 Å². The van der Waals surface area contributed by atoms with E-state index in [2.05, 4.69) is 17.0 Å². The largest absolute Gasteiger partial charge is 0.377 e. The Morgan fingerprint density at radius 1 is 1.17 bits per heavy atom. The van der Waals surface area contributed by atoms with Crippen molar-refractivity contribution in [3.05, 3.63) is 60.3 Å². The van der Waals surface area contributed by atoms with E-state index in [1.807, 2.05) is 18.2 Å². The van der Waals surface area contributed by atoms with Gasteiger partial charge in [0.05, 0.1) is 6.10 Å². The first kappa shape index (κ1) is 22.3. The van der Waals surface area contributed by atoms with Crippen molar-refractivity contribution >= 4 is 12.4 Å². The van der Waals surface area contributed by atoms with Crippen molar-refractivity contribution in [3.63, 3.8) is 0 Å². The van der Waals surface area contributed by atoms with Crippen molar-refractivity contribution < 1.29 is 9.13 Å². The molecule has 4 rings (SSSR count). The zero-order valence-electron chi connectivity index (χ0n) is 16.9. The maximum atomic E-state index is 14.6. The highest BCUT2D eigenvalue weighted by atomic mass is 35.5. The molecule has 1 aliphatic rings. The monoisotopic (exact) mass is 431 g/mol. The molecule has 3 atom stereocenters. The predicted molar refractivity (Wildman–Crippen MR) is 116 cm³/mol. The summed E-state index contributed by atoms with van der Waals surface area (Å²) < 4.78 is 22.2. The summed E-state index contributed by atoms with van der Waals surface area (Å²) in [7, 11) is 0. The van der Waals surface area contributed by atoms with Gasteiger partial charge in [0.25, 0.3) is 0 Å². The summed E-state index contributed by atoms with van der Waals surface area (Å²) in [4.78, 5) is 9.14. The van der Waals surface area contributed by atoms with Gasteiger partial charge in [-0.25, -0.2) is 14.1 Å². The molecule has 1 fully saturated rings. The molecular formula is C22H27ClFN5O. The van der Waals surface area contributed by atoms with Crippen LogP contribution in [0.3, 0.4) is 0 Å². The summed E-state index contributed by atoms with van der Waals surface area (Å²) in [6, 6.07) is 12.2. The Morgan fingerprint density at radius 3 is 2.70 bits per heavy atom. The molecule has 30 heavy (non-hydrogen) atoms. The van der Waals surface area contributed by atoms with Gasteiger partial charge in [0.15, 0.2) is 5.82 Å². The van der Waals surface area contributed by atoms with Gasteiger partial charge >= 0.3 is 0 Å². The quantitative estimate of drug-likeness (QED) is 0.630. The molecule has 0 saturated heterocycles. The Balaban J connectivity index is 0.00000256. The maximum absolute atomic E-state index is 14.6. The Morgan fingerprint density at radius 2 is 1.97 bits per heavy atom. The number of ether oxygens (including phenoxy) is 1. The van der Waals surface area contributed by atoms with Gasteiger partial charge in [-0.1, -0.05) is 25.1 Å². The zero-order valence-corrected chi connectivity index (χ0v) is 17.8. The number of halogens is 2. The summed E-state index contributed by atoms with van der Waals surface area (Å²) >= 11 is 0. The first-order valence-corrected chi connectivity index (χ1v) is 10.2. The SMILES string of the molecule is CCCO[C@@H]1C[C@@H](c2nc(-c3ccccn3)nn2-c2ccccc2F)CC[C@H]1N.Cl. The van der Waals surface area contributed by atoms with Crippen LogP contribution in [0.25, 0.3) is 17.2 Å². The van der Waals surface area contributed by atoms with E-state index >= 15 is 0 Å². The fourth-order valence-electron chi connectivity index (χ4n) is 3.84. The lowest BCUT2D eigenvalue weighted by Gasteiger charge is -2.33. The van der Waals surface area contributed by atoms with E-state index in [-0.39, 0.29) is 36.3 Å². The molecule has 0 aliphatic heterocycles. The smallest absolute Gasteiger partial charge is 0.200 e. The predicted octanol–water partition coefficient (Wildman–Crippen LogP) is 4.28. The molecule has 0 bridgehead atoms. The van der Waals surface area contributed by atoms with Gasteiger partial charge in [0.1, 0.15) is 23.0 Å². The van der Waals surface area contributed by atoms with Crippen molar-refractivity contribution in [3.8, 4) is 17.2 Å². The molecule has 8 heteroatoms. The van der Waals surface area contributed by atoms with E-state index in [9.17, 15) is 4.39 Å². The van der Waals surface area contributed by atoms with Crippen molar-refractivity contribution in [2.24, 2.45) is 5.73 Å². The third-order valence-electron chi connectivity index (χ3n) is 5.35. The van der Waals surface area contributed by atoms with Crippen LogP contribution in [-0.4, -0.2) is 38.5 Å². The van der Waals surface area contributed by atoms with Crippen LogP contribution in [0.15, 0.2) is 48.7 Å². The van der Waals surface area contributed by atoms with Gasteiger partial charge < -0.3 is 10.5 Å². The van der Waals surface area contributed by atoms with Crippen molar-refractivity contribution in [1.82, 2.24) is 19.7 Å². The van der Waals surface area contributed by atoms with Crippen LogP contribution in [-0.2, 0) is 4.74 Å². The van der Waals surface area contributed by atoms with Crippen LogP contribution < -0.4 is 5.73 Å². The third-order valence-corrected chi connectivity index (χ3v) is 5.35. The summed E-state index contributed by atoms with van der Waals surface area (Å²) in [5, 5.41) is 4.62. The molecule has 1 aromatic carbocycles. The van der Waals surface area contributed by atoms with E-state index < -0.39 is 0 Å². The Kier molecular flexibility index (Phi) is 7.53. The minimum atomic E-state index is -0.336. The van der Waals surface area contributed by atoms with Crippen LogP contribution in [0.4, 0.5) is 4.39 Å². The number of benzene rings is 1. The van der Waals surface area contributed by atoms with Crippen LogP contribution in [0, 0.1) is 5.82 Å². The third kappa shape index (κ3) is 4.69. The summed E-state index contributed by atoms with van der Waals surface area (Å²) in [5.74, 6) is 0.969. The Hall–Kier alpha value is -2.35. The normalized spacial score (nSPS) is 21.2. The standard InChI is InChI=1S/C22H26FN5O.ClH/c1-2-13-29-20-14-15(10-11-17(20)24)22-26-21(18-8-5-6-12-25-18)27-28(22)19-9-4-3-7-16(19)23;/h3-9,12,15,17,20H,2,10-11,13-14,24H2,1H3;1H/t15-,17+,20+;/m0./s1. The first-order valence-electron chi connectivity index (χ1n) is 10.2. The fourth-order valence-corrected chi connectivity index (χ4v) is 3.84. The van der Waals surface area contributed by atoms with Crippen LogP contribution in [0.2, 0.25) is 0 Å². The maximum Gasteiger partial charge on any atom is 0.200 e. The topological polar surface area (TPSA) is 78.9 Å². The van der Waals surface area contributed by atoms with Gasteiger partial charge in [-0.05, 0) is 49.9 Å². The number of para-hydroxylation sites is 1. The molecule has 0 radical (unpaired) electrons. The lowest BCUT2D eigenvalue weighted by molar-refractivity contribution is 0.00883. The Bertz CT molecular complexity index is 952. The minimum absolute atomic E-state index is 0. The summed E-state index contributed by atoms with van der Waals surface area (Å²) in [5.41, 5.74) is 7.34. The van der Waals surface area contributed by atoms with Gasteiger partial charge in [-0.2, -0.15) is 0 Å². The molecule has 160 valence electrons. The molecule has 2 aromatic heterocycles. The zero-order chi connectivity index (χ0) is 20.2. The second-order valence-corrected chi connectivity index (χ2v) is 7.45. The van der Waals surface area contributed by atoms with Crippen molar-refractivity contribution in [2.75, 3.05) is 6.61 Å². The summed E-state index contributed by atoms with van der Waals surface area (Å²) in [6.07, 6.45) is 5.06. The molecule has 0 unspecified atom stereocenters. The van der Waals surface area contributed by atoms with Gasteiger partial charge in [-0.15, -0.1) is 17.5 Å². The van der Waals surface area contributed by atoms with E-state index in [1.54, 1.807) is 29.1 Å². The molecule has 1 saturated carbocycles. The molecule has 2 N–H and O–H groups in total. The molecule has 0 spiro atoms. The van der Waals surface area contributed by atoms with E-state index in [0.717, 1.165) is 31.5 Å². The molecule has 3 aromatic rings. The highest BCUT2D eigenvalue weighted by Crippen LogP contribution is 2.35. The average Bonchev–Trinajstić information content (AvgIpc) is 3.19. The fraction of sp³-hybridized carbons (Fsp3) is 0.409. The molecule has 1 aliphatic carbocycles. The number of pyridine rings is 1. The number of rotatable bonds is 6. The number of hydrogen-bond acceptors (Lipinski definition) is 5.